The molecule has 11 nitrogen and oxygen atoms in total. The molecule has 48 heavy (non-hydrogen) atoms. The van der Waals surface area contributed by atoms with E-state index < -0.39 is 20.0 Å². The molecule has 0 unspecified atom stereocenters. The van der Waals surface area contributed by atoms with Gasteiger partial charge in [0, 0.05) is 53.2 Å². The van der Waals surface area contributed by atoms with Crippen molar-refractivity contribution < 1.29 is 19.4 Å². The Bertz CT molecular complexity index is 2080. The topological polar surface area (TPSA) is 136 Å². The number of halogens is 1. The number of fused-ring (bicyclic) bond motifs is 3. The van der Waals surface area contributed by atoms with Crippen molar-refractivity contribution in [3.63, 3.8) is 0 Å². The zero-order chi connectivity index (χ0) is 33.8. The van der Waals surface area contributed by atoms with Crippen LogP contribution in [0.2, 0.25) is 23.7 Å². The van der Waals surface area contributed by atoms with Gasteiger partial charge in [0.25, 0.3) is 11.5 Å². The molecule has 1 spiro atoms. The van der Waals surface area contributed by atoms with Gasteiger partial charge in [-0.2, -0.15) is 9.78 Å². The summed E-state index contributed by atoms with van der Waals surface area (Å²) in [5.41, 5.74) is 1.65. The van der Waals surface area contributed by atoms with Crippen LogP contribution in [0.3, 0.4) is 0 Å². The summed E-state index contributed by atoms with van der Waals surface area (Å²) in [6, 6.07) is 20.2. The Balaban J connectivity index is 1.22. The summed E-state index contributed by atoms with van der Waals surface area (Å²) in [5, 5.41) is 23.8. The zero-order valence-electron chi connectivity index (χ0n) is 27.0. The van der Waals surface area contributed by atoms with Gasteiger partial charge in [-0.3, -0.25) is 14.3 Å². The van der Waals surface area contributed by atoms with Crippen LogP contribution in [-0.2, 0) is 34.6 Å². The average Bonchev–Trinajstić information content (AvgIpc) is 3.70. The van der Waals surface area contributed by atoms with Gasteiger partial charge in [-0.25, -0.2) is 0 Å². The van der Waals surface area contributed by atoms with Gasteiger partial charge >= 0.3 is 0 Å². The summed E-state index contributed by atoms with van der Waals surface area (Å²) in [4.78, 5) is 41.5. The summed E-state index contributed by atoms with van der Waals surface area (Å²) in [5.74, 6) is -0.563. The molecule has 0 saturated carbocycles. The van der Waals surface area contributed by atoms with Crippen LogP contribution < -0.4 is 10.5 Å². The maximum absolute atomic E-state index is 14.8. The smallest absolute Gasteiger partial charge is 0.279 e. The normalized spacial score (nSPS) is 22.2. The zero-order valence-corrected chi connectivity index (χ0v) is 28.7. The quantitative estimate of drug-likeness (QED) is 0.215. The van der Waals surface area contributed by atoms with Crippen molar-refractivity contribution in [3.05, 3.63) is 111 Å². The number of carbonyl (C=O) groups excluding carboxylic acids is 1. The molecule has 4 atom stereocenters. The maximum Gasteiger partial charge on any atom is 0.279 e. The van der Waals surface area contributed by atoms with Crippen LogP contribution >= 0.6 is 11.6 Å². The number of hydrogen-bond acceptors (Lipinski definition) is 8. The molecule has 4 heterocycles. The molecule has 7 rings (SSSR count). The molecule has 1 fully saturated rings. The van der Waals surface area contributed by atoms with Crippen LogP contribution in [0.1, 0.15) is 30.2 Å². The fourth-order valence-electron chi connectivity index (χ4n) is 7.66. The fourth-order valence-corrected chi connectivity index (χ4v) is 10.4. The van der Waals surface area contributed by atoms with Crippen LogP contribution in [0.4, 0.5) is 5.69 Å². The number of rotatable bonds is 9. The van der Waals surface area contributed by atoms with Crippen LogP contribution in [0.15, 0.2) is 83.9 Å². The number of amides is 1. The van der Waals surface area contributed by atoms with Crippen LogP contribution in [0.5, 0.6) is 0 Å². The van der Waals surface area contributed by atoms with E-state index >= 15 is 0 Å². The van der Waals surface area contributed by atoms with Crippen molar-refractivity contribution in [3.8, 4) is 5.69 Å². The lowest BCUT2D eigenvalue weighted by Gasteiger charge is -2.32. The van der Waals surface area contributed by atoms with E-state index in [0.29, 0.717) is 52.4 Å². The minimum atomic E-state index is -2.87. The highest BCUT2D eigenvalue weighted by Gasteiger charge is 2.66. The lowest BCUT2D eigenvalue weighted by molar-refractivity contribution is -0.146. The molecule has 0 bridgehead atoms. The molecule has 1 amide bonds. The Morgan fingerprint density at radius 2 is 1.88 bits per heavy atom. The number of aliphatic hydroxyl groups excluding tert-OH is 1. The molecule has 3 aromatic carbocycles. The first-order valence-corrected chi connectivity index (χ1v) is 19.5. The number of aromatic nitrogens is 5. The van der Waals surface area contributed by atoms with Crippen molar-refractivity contribution in [1.82, 2.24) is 24.8 Å². The molecule has 2 aliphatic rings. The third-order valence-corrected chi connectivity index (χ3v) is 12.5. The Hall–Kier alpha value is -4.20. The van der Waals surface area contributed by atoms with E-state index in [9.17, 15) is 19.5 Å². The number of aryl methyl sites for hydroxylation is 1. The molecule has 2 aliphatic heterocycles. The van der Waals surface area contributed by atoms with Crippen molar-refractivity contribution in [2.24, 2.45) is 5.92 Å². The maximum atomic E-state index is 14.8. The minimum Gasteiger partial charge on any atom is -0.432 e. The first kappa shape index (κ1) is 32.3. The number of hydrogen-bond donors (Lipinski definition) is 2. The number of carbonyl (C=O) groups is 1. The van der Waals surface area contributed by atoms with Crippen molar-refractivity contribution in [2.75, 3.05) is 11.5 Å². The summed E-state index contributed by atoms with van der Waals surface area (Å²) >= 11 is 6.56. The number of nitrogens with zero attached hydrogens (tertiary/aromatic N) is 6. The van der Waals surface area contributed by atoms with Crippen LogP contribution in [0, 0.1) is 5.92 Å². The third-order valence-electron chi connectivity index (χ3n) is 9.73. The molecular weight excluding hydrogens is 648 g/mol. The van der Waals surface area contributed by atoms with Crippen LogP contribution in [-0.4, -0.2) is 61.6 Å². The Labute approximate surface area is 283 Å². The van der Waals surface area contributed by atoms with Gasteiger partial charge in [0.2, 0.25) is 0 Å². The Kier molecular flexibility index (Phi) is 8.33. The molecule has 1 saturated heterocycles. The van der Waals surface area contributed by atoms with Gasteiger partial charge in [-0.1, -0.05) is 54.1 Å². The van der Waals surface area contributed by atoms with E-state index in [2.05, 4.69) is 15.4 Å². The summed E-state index contributed by atoms with van der Waals surface area (Å²) in [6.07, 6.45) is 3.97. The van der Waals surface area contributed by atoms with E-state index in [1.165, 1.54) is 4.68 Å². The van der Waals surface area contributed by atoms with Gasteiger partial charge in [0.05, 0.1) is 41.3 Å². The van der Waals surface area contributed by atoms with Crippen LogP contribution in [0.25, 0.3) is 16.5 Å². The first-order valence-electron chi connectivity index (χ1n) is 16.1. The molecule has 2 N–H and O–H groups in total. The molecule has 2 aromatic heterocycles. The summed E-state index contributed by atoms with van der Waals surface area (Å²) in [6.45, 7) is 6.46. The highest BCUT2D eigenvalue weighted by atomic mass is 35.5. The van der Waals surface area contributed by atoms with E-state index in [0.717, 1.165) is 10.9 Å². The standard InChI is InChI=1S/C35H37ClN6O5Si/c1-22-32(48(2,3)46)31(13-15-40-21-26(14-16-43)38-39-40)47-35(22)29-18-25(36)11-12-30(29)41(34(35)45)20-23-7-6-9-27(17-23)42-33(44)28-10-5-4-8-24(28)19-37-42/h4-12,17-19,21-22,31-32,43,46H,13-16,20H2,1-3H3/t22-,31+,32-,35+/m1/s1. The van der Waals surface area contributed by atoms with Gasteiger partial charge in [-0.05, 0) is 61.5 Å². The van der Waals surface area contributed by atoms with Gasteiger partial charge in [-0.15, -0.1) is 5.10 Å². The van der Waals surface area contributed by atoms with Gasteiger partial charge in [0.15, 0.2) is 13.9 Å². The predicted molar refractivity (Wildman–Crippen MR) is 185 cm³/mol. The van der Waals surface area contributed by atoms with Crippen molar-refractivity contribution in [2.45, 2.75) is 63.2 Å². The summed E-state index contributed by atoms with van der Waals surface area (Å²) in [7, 11) is -2.87. The lowest BCUT2D eigenvalue weighted by atomic mass is 9.82. The predicted octanol–water partition coefficient (Wildman–Crippen LogP) is 4.60. The molecule has 0 aliphatic carbocycles. The number of anilines is 1. The monoisotopic (exact) mass is 684 g/mol. The summed E-state index contributed by atoms with van der Waals surface area (Å²) < 4.78 is 10.0. The second kappa shape index (κ2) is 12.4. The number of benzene rings is 3. The van der Waals surface area contributed by atoms with Gasteiger partial charge in [0.1, 0.15) is 0 Å². The Morgan fingerprint density at radius 1 is 1.06 bits per heavy atom. The van der Waals surface area contributed by atoms with Gasteiger partial charge < -0.3 is 19.5 Å². The largest absolute Gasteiger partial charge is 0.432 e. The van der Waals surface area contributed by atoms with E-state index in [-0.39, 0.29) is 36.1 Å². The SMILES string of the molecule is C[C@@H]1[C@@H]([Si](C)(C)O)[C@H](CCn2cc(CCO)nn2)O[C@@]12C(=O)N(Cc1cccc(-n3ncc4ccccc4c3=O)c1)c1ccc(Cl)cc12. The molecule has 5 aromatic rings. The Morgan fingerprint density at radius 3 is 2.67 bits per heavy atom. The van der Waals surface area contributed by atoms with Crippen molar-refractivity contribution in [1.29, 1.82) is 0 Å². The second-order valence-corrected chi connectivity index (χ2v) is 17.7. The number of ether oxygens (including phenoxy) is 1. The minimum absolute atomic E-state index is 0.0133. The third kappa shape index (κ3) is 5.47. The van der Waals surface area contributed by atoms with E-state index in [1.54, 1.807) is 34.1 Å². The molecule has 13 heteroatoms. The molecule has 0 radical (unpaired) electrons. The van der Waals surface area contributed by atoms with E-state index in [4.69, 9.17) is 16.3 Å². The van der Waals surface area contributed by atoms with E-state index in [1.807, 2.05) is 74.6 Å². The molecule has 248 valence electrons. The highest BCUT2D eigenvalue weighted by molar-refractivity contribution is 6.71. The van der Waals surface area contributed by atoms with Crippen molar-refractivity contribution >= 4 is 42.3 Å². The number of aliphatic hydroxyl groups is 1. The fraction of sp³-hybridized carbons (Fsp3) is 0.343. The molecular formula is C35H37ClN6O5Si. The lowest BCUT2D eigenvalue weighted by Crippen LogP contribution is -2.46. The average molecular weight is 685 g/mol. The first-order chi connectivity index (χ1) is 23.0. The second-order valence-electron chi connectivity index (χ2n) is 13.3. The highest BCUT2D eigenvalue weighted by Crippen LogP contribution is 2.60.